The fraction of sp³-hybridized carbons (Fsp3) is 0. The van der Waals surface area contributed by atoms with E-state index in [1.54, 1.807) is 0 Å². The van der Waals surface area contributed by atoms with Crippen molar-refractivity contribution >= 4 is 29.5 Å². The molecule has 0 bridgehead atoms. The molecular formula is C8H9MgO2+. The minimum atomic E-state index is -0.250. The maximum Gasteiger partial charge on any atom is 2.00 e. The van der Waals surface area contributed by atoms with Crippen LogP contribution in [0.2, 0.25) is 0 Å². The molecule has 0 aliphatic rings. The Hall–Kier alpha value is -0.674. The van der Waals surface area contributed by atoms with Crippen LogP contribution in [0.3, 0.4) is 0 Å². The van der Waals surface area contributed by atoms with Crippen LogP contribution in [0.25, 0.3) is 0 Å². The number of carboxylic acid groups (broad SMARTS) is 1. The topological polar surface area (TPSA) is 37.3 Å². The molecule has 0 aliphatic heterocycles. The van der Waals surface area contributed by atoms with Crippen LogP contribution in [0.5, 0.6) is 0 Å². The van der Waals surface area contributed by atoms with Crippen LogP contribution >= 0.6 is 0 Å². The molecule has 0 aromatic heterocycles. The summed E-state index contributed by atoms with van der Waals surface area (Å²) in [7, 11) is 0. The van der Waals surface area contributed by atoms with E-state index in [2.05, 4.69) is 6.92 Å². The van der Waals surface area contributed by atoms with Gasteiger partial charge < -0.3 is 5.11 Å². The van der Waals surface area contributed by atoms with Crippen molar-refractivity contribution in [2.24, 2.45) is 0 Å². The number of rotatable bonds is 0. The molecule has 0 unspecified atom stereocenters. The van der Waals surface area contributed by atoms with E-state index in [0.29, 0.717) is 0 Å². The van der Waals surface area contributed by atoms with E-state index in [-0.39, 0.29) is 29.5 Å². The first-order valence-corrected chi connectivity index (χ1v) is 2.76. The molecule has 0 heterocycles. The Kier molecular flexibility index (Phi) is 11.0. The van der Waals surface area contributed by atoms with Gasteiger partial charge in [-0.1, -0.05) is 6.07 Å². The Morgan fingerprint density at radius 3 is 1.82 bits per heavy atom. The second kappa shape index (κ2) is 9.33. The Bertz CT molecular complexity index is 175. The van der Waals surface area contributed by atoms with Crippen molar-refractivity contribution in [3.8, 4) is 0 Å². The molecule has 1 aromatic rings. The van der Waals surface area contributed by atoms with Crippen molar-refractivity contribution in [2.75, 3.05) is 0 Å². The zero-order valence-electron chi connectivity index (χ0n) is 6.23. The van der Waals surface area contributed by atoms with E-state index in [1.165, 1.54) is 0 Å². The molecule has 3 heteroatoms. The molecule has 1 aromatic carbocycles. The van der Waals surface area contributed by atoms with Gasteiger partial charge in [0, 0.05) is 0 Å². The summed E-state index contributed by atoms with van der Waals surface area (Å²) < 4.78 is 0. The van der Waals surface area contributed by atoms with Gasteiger partial charge in [-0.15, -0.1) is 12.1 Å². The summed E-state index contributed by atoms with van der Waals surface area (Å²) in [6.07, 6.45) is 0. The van der Waals surface area contributed by atoms with Crippen molar-refractivity contribution in [3.63, 3.8) is 0 Å². The summed E-state index contributed by atoms with van der Waals surface area (Å²) in [5.74, 6) is 0. The Morgan fingerprint density at radius 1 is 1.27 bits per heavy atom. The second-order valence-corrected chi connectivity index (χ2v) is 1.59. The van der Waals surface area contributed by atoms with E-state index in [4.69, 9.17) is 9.90 Å². The minimum Gasteiger partial charge on any atom is -0.483 e. The molecule has 11 heavy (non-hydrogen) atoms. The van der Waals surface area contributed by atoms with E-state index >= 15 is 0 Å². The Labute approximate surface area is 82.4 Å². The molecule has 0 fully saturated rings. The van der Waals surface area contributed by atoms with Gasteiger partial charge in [-0.3, -0.25) is 4.79 Å². The summed E-state index contributed by atoms with van der Waals surface area (Å²) >= 11 is 0. The van der Waals surface area contributed by atoms with Gasteiger partial charge in [0.1, 0.15) is 0 Å². The molecule has 0 atom stereocenters. The third kappa shape index (κ3) is 9.33. The van der Waals surface area contributed by atoms with Gasteiger partial charge in [-0.05, 0) is 0 Å². The third-order valence-corrected chi connectivity index (χ3v) is 0.843. The molecule has 0 saturated carbocycles. The zero-order valence-corrected chi connectivity index (χ0v) is 7.65. The summed E-state index contributed by atoms with van der Waals surface area (Å²) in [4.78, 5) is 8.36. The van der Waals surface area contributed by atoms with Gasteiger partial charge in [-0.2, -0.15) is 24.6 Å². The normalized spacial score (nSPS) is 6.55. The quantitative estimate of drug-likeness (QED) is 0.353. The predicted molar refractivity (Wildman–Crippen MR) is 45.3 cm³/mol. The molecule has 0 saturated heterocycles. The van der Waals surface area contributed by atoms with Gasteiger partial charge in [0.05, 0.1) is 0 Å². The molecule has 0 amide bonds. The Balaban J connectivity index is 0. The van der Waals surface area contributed by atoms with Crippen LogP contribution in [-0.2, 0) is 4.79 Å². The van der Waals surface area contributed by atoms with Crippen molar-refractivity contribution in [1.29, 1.82) is 0 Å². The van der Waals surface area contributed by atoms with Crippen molar-refractivity contribution in [1.82, 2.24) is 0 Å². The first-order chi connectivity index (χ1) is 4.81. The smallest absolute Gasteiger partial charge is 0.483 e. The first kappa shape index (κ1) is 13.0. The molecule has 0 aliphatic carbocycles. The third-order valence-electron chi connectivity index (χ3n) is 0.843. The average Bonchev–Trinajstić information content (AvgIpc) is 1.91. The van der Waals surface area contributed by atoms with Crippen LogP contribution in [0, 0.1) is 6.92 Å². The zero-order chi connectivity index (χ0) is 7.82. The van der Waals surface area contributed by atoms with Crippen LogP contribution < -0.4 is 0 Å². The SMILES string of the molecule is O=CO.[CH2-]c1ccccc1.[Mg+2]. The van der Waals surface area contributed by atoms with Gasteiger partial charge in [-0.25, -0.2) is 0 Å². The first-order valence-electron chi connectivity index (χ1n) is 2.76. The second-order valence-electron chi connectivity index (χ2n) is 1.59. The van der Waals surface area contributed by atoms with Crippen molar-refractivity contribution < 1.29 is 9.90 Å². The maximum atomic E-state index is 8.36. The van der Waals surface area contributed by atoms with E-state index < -0.39 is 0 Å². The van der Waals surface area contributed by atoms with Gasteiger partial charge in [0.2, 0.25) is 0 Å². The molecule has 2 nitrogen and oxygen atoms in total. The van der Waals surface area contributed by atoms with Crippen molar-refractivity contribution in [2.45, 2.75) is 0 Å². The summed E-state index contributed by atoms with van der Waals surface area (Å²) in [6.45, 7) is 3.47. The van der Waals surface area contributed by atoms with Gasteiger partial charge >= 0.3 is 23.1 Å². The molecule has 0 spiro atoms. The van der Waals surface area contributed by atoms with E-state index in [0.717, 1.165) is 5.56 Å². The molecular weight excluding hydrogens is 152 g/mol. The van der Waals surface area contributed by atoms with E-state index in [9.17, 15) is 0 Å². The maximum absolute atomic E-state index is 8.36. The monoisotopic (exact) mass is 161 g/mol. The van der Waals surface area contributed by atoms with E-state index in [1.807, 2.05) is 30.3 Å². The largest absolute Gasteiger partial charge is 2.00 e. The van der Waals surface area contributed by atoms with Gasteiger partial charge in [0.15, 0.2) is 0 Å². The minimum absolute atomic E-state index is 0. The van der Waals surface area contributed by atoms with Crippen LogP contribution in [0.4, 0.5) is 0 Å². The summed E-state index contributed by atoms with van der Waals surface area (Å²) in [5.41, 5.74) is 1.07. The fourth-order valence-corrected chi connectivity index (χ4v) is 0.478. The molecule has 0 radical (unpaired) electrons. The summed E-state index contributed by atoms with van der Waals surface area (Å²) in [5, 5.41) is 6.89. The molecule has 54 valence electrons. The number of hydrogen-bond donors (Lipinski definition) is 1. The number of carbonyl (C=O) groups is 1. The van der Waals surface area contributed by atoms with Crippen LogP contribution in [-0.4, -0.2) is 34.6 Å². The average molecular weight is 161 g/mol. The standard InChI is InChI=1S/C7H7.CH2O2.Mg/c1-7-5-3-2-4-6-7;2-1-3;/h2-6H,1H2;1H,(H,2,3);/q-1;;+2. The summed E-state index contributed by atoms with van der Waals surface area (Å²) in [6, 6.07) is 9.87. The molecule has 1 N–H and O–H groups in total. The Morgan fingerprint density at radius 2 is 1.64 bits per heavy atom. The predicted octanol–water partition coefficient (Wildman–Crippen LogP) is 1.19. The van der Waals surface area contributed by atoms with Crippen molar-refractivity contribution in [3.05, 3.63) is 42.8 Å². The number of benzene rings is 1. The van der Waals surface area contributed by atoms with Gasteiger partial charge in [0.25, 0.3) is 6.47 Å². The van der Waals surface area contributed by atoms with Crippen LogP contribution in [0.15, 0.2) is 30.3 Å². The molecule has 1 rings (SSSR count). The van der Waals surface area contributed by atoms with Crippen LogP contribution in [0.1, 0.15) is 5.56 Å². The fourth-order valence-electron chi connectivity index (χ4n) is 0.478. The number of hydrogen-bond acceptors (Lipinski definition) is 1.